The molecular weight excluding hydrogens is 306 g/mol. The zero-order chi connectivity index (χ0) is 16.8. The Morgan fingerprint density at radius 3 is 2.68 bits per heavy atom. The summed E-state index contributed by atoms with van der Waals surface area (Å²) in [7, 11) is 0. The van der Waals surface area contributed by atoms with Gasteiger partial charge in [0.15, 0.2) is 5.13 Å². The molecule has 0 aliphatic heterocycles. The number of carbonyl (C=O) groups excluding carboxylic acids is 2. The summed E-state index contributed by atoms with van der Waals surface area (Å²) in [5.74, 6) is -0.350. The lowest BCUT2D eigenvalue weighted by Crippen LogP contribution is -2.47. The Kier molecular flexibility index (Phi) is 6.76. The Bertz CT molecular complexity index is 510. The van der Waals surface area contributed by atoms with Crippen molar-refractivity contribution in [2.45, 2.75) is 40.2 Å². The fourth-order valence-electron chi connectivity index (χ4n) is 1.63. The molecule has 3 N–H and O–H groups in total. The summed E-state index contributed by atoms with van der Waals surface area (Å²) in [4.78, 5) is 27.4. The van der Waals surface area contributed by atoms with Gasteiger partial charge in [0.1, 0.15) is 0 Å². The minimum absolute atomic E-state index is 0.0783. The number of urea groups is 1. The number of hydrogen-bond donors (Lipinski definition) is 3. The number of esters is 1. The smallest absolute Gasteiger partial charge is 0.321 e. The van der Waals surface area contributed by atoms with E-state index in [9.17, 15) is 14.7 Å². The van der Waals surface area contributed by atoms with Crippen LogP contribution < -0.4 is 10.6 Å². The number of thiazole rings is 1. The van der Waals surface area contributed by atoms with Crippen LogP contribution in [0.15, 0.2) is 5.38 Å². The van der Waals surface area contributed by atoms with Crippen LogP contribution in [0.2, 0.25) is 0 Å². The minimum atomic E-state index is -0.439. The maximum atomic E-state index is 11.9. The number of carbonyl (C=O) groups is 2. The summed E-state index contributed by atoms with van der Waals surface area (Å²) in [6.45, 7) is 7.69. The molecule has 124 valence electrons. The third-order valence-corrected chi connectivity index (χ3v) is 3.74. The SMILES string of the molecule is CCOC(=O)Cc1csc(NC(=O)NC(CO)C(C)(C)C)n1. The molecule has 0 aromatic carbocycles. The molecule has 22 heavy (non-hydrogen) atoms. The van der Waals surface area contributed by atoms with E-state index < -0.39 is 6.03 Å². The van der Waals surface area contributed by atoms with Crippen molar-refractivity contribution in [3.05, 3.63) is 11.1 Å². The quantitative estimate of drug-likeness (QED) is 0.691. The first kappa shape index (κ1) is 18.4. The highest BCUT2D eigenvalue weighted by atomic mass is 32.1. The molecule has 0 fully saturated rings. The van der Waals surface area contributed by atoms with Gasteiger partial charge in [0, 0.05) is 5.38 Å². The second kappa shape index (κ2) is 8.09. The van der Waals surface area contributed by atoms with Crippen LogP contribution in [0.25, 0.3) is 0 Å². The van der Waals surface area contributed by atoms with E-state index >= 15 is 0 Å². The molecular formula is C14H23N3O4S. The van der Waals surface area contributed by atoms with Crippen LogP contribution >= 0.6 is 11.3 Å². The van der Waals surface area contributed by atoms with Crippen molar-refractivity contribution in [1.29, 1.82) is 0 Å². The lowest BCUT2D eigenvalue weighted by Gasteiger charge is -2.29. The van der Waals surface area contributed by atoms with E-state index in [1.807, 2.05) is 20.8 Å². The minimum Gasteiger partial charge on any atom is -0.466 e. The fraction of sp³-hybridized carbons (Fsp3) is 0.643. The average molecular weight is 329 g/mol. The Balaban J connectivity index is 2.55. The zero-order valence-electron chi connectivity index (χ0n) is 13.3. The molecule has 1 aromatic rings. The van der Waals surface area contributed by atoms with Crippen LogP contribution in [-0.2, 0) is 16.0 Å². The zero-order valence-corrected chi connectivity index (χ0v) is 14.1. The third kappa shape index (κ3) is 5.98. The number of rotatable bonds is 6. The maximum Gasteiger partial charge on any atom is 0.321 e. The van der Waals surface area contributed by atoms with Gasteiger partial charge in [-0.2, -0.15) is 0 Å². The molecule has 1 rings (SSSR count). The van der Waals surface area contributed by atoms with Crippen molar-refractivity contribution in [1.82, 2.24) is 10.3 Å². The van der Waals surface area contributed by atoms with Gasteiger partial charge in [-0.1, -0.05) is 20.8 Å². The first-order valence-electron chi connectivity index (χ1n) is 7.04. The molecule has 0 spiro atoms. The largest absolute Gasteiger partial charge is 0.466 e. The van der Waals surface area contributed by atoms with Gasteiger partial charge in [-0.3, -0.25) is 10.1 Å². The summed E-state index contributed by atoms with van der Waals surface area (Å²) in [5.41, 5.74) is 0.289. The summed E-state index contributed by atoms with van der Waals surface area (Å²) in [5, 5.41) is 16.7. The van der Waals surface area contributed by atoms with Crippen LogP contribution in [0.4, 0.5) is 9.93 Å². The topological polar surface area (TPSA) is 101 Å². The van der Waals surface area contributed by atoms with Crippen molar-refractivity contribution >= 4 is 28.5 Å². The van der Waals surface area contributed by atoms with Gasteiger partial charge >= 0.3 is 12.0 Å². The number of aromatic nitrogens is 1. The molecule has 1 aromatic heterocycles. The number of aliphatic hydroxyl groups is 1. The number of aliphatic hydroxyl groups excluding tert-OH is 1. The van der Waals surface area contributed by atoms with Gasteiger partial charge in [-0.15, -0.1) is 11.3 Å². The molecule has 0 bridgehead atoms. The number of hydrogen-bond acceptors (Lipinski definition) is 6. The molecule has 2 amide bonds. The Morgan fingerprint density at radius 1 is 1.45 bits per heavy atom. The Hall–Kier alpha value is -1.67. The van der Waals surface area contributed by atoms with Crippen LogP contribution in [0.1, 0.15) is 33.4 Å². The molecule has 7 nitrogen and oxygen atoms in total. The van der Waals surface area contributed by atoms with Crippen LogP contribution in [0.3, 0.4) is 0 Å². The van der Waals surface area contributed by atoms with Gasteiger partial charge in [0.05, 0.1) is 31.4 Å². The molecule has 8 heteroatoms. The molecule has 0 saturated carbocycles. The van der Waals surface area contributed by atoms with Crippen molar-refractivity contribution < 1.29 is 19.4 Å². The third-order valence-electron chi connectivity index (χ3n) is 2.94. The molecule has 0 aliphatic carbocycles. The van der Waals surface area contributed by atoms with Crippen molar-refractivity contribution in [3.8, 4) is 0 Å². The van der Waals surface area contributed by atoms with E-state index in [0.717, 1.165) is 0 Å². The van der Waals surface area contributed by atoms with Crippen molar-refractivity contribution in [3.63, 3.8) is 0 Å². The fourth-order valence-corrected chi connectivity index (χ4v) is 2.34. The number of nitrogens with zero attached hydrogens (tertiary/aromatic N) is 1. The van der Waals surface area contributed by atoms with Crippen molar-refractivity contribution in [2.75, 3.05) is 18.5 Å². The highest BCUT2D eigenvalue weighted by Crippen LogP contribution is 2.20. The number of ether oxygens (including phenoxy) is 1. The summed E-state index contributed by atoms with van der Waals surface area (Å²) >= 11 is 1.23. The van der Waals surface area contributed by atoms with Gasteiger partial charge in [0.2, 0.25) is 0 Å². The van der Waals surface area contributed by atoms with E-state index in [0.29, 0.717) is 17.4 Å². The average Bonchev–Trinajstić information content (AvgIpc) is 2.81. The van der Waals surface area contributed by atoms with Gasteiger partial charge < -0.3 is 15.2 Å². The number of anilines is 1. The monoisotopic (exact) mass is 329 g/mol. The van der Waals surface area contributed by atoms with E-state index in [1.54, 1.807) is 12.3 Å². The molecule has 0 saturated heterocycles. The molecule has 1 unspecified atom stereocenters. The Labute approximate surface area is 134 Å². The summed E-state index contributed by atoms with van der Waals surface area (Å²) < 4.78 is 4.84. The van der Waals surface area contributed by atoms with Gasteiger partial charge in [-0.25, -0.2) is 9.78 Å². The Morgan fingerprint density at radius 2 is 2.14 bits per heavy atom. The van der Waals surface area contributed by atoms with Gasteiger partial charge in [-0.05, 0) is 12.3 Å². The lowest BCUT2D eigenvalue weighted by atomic mass is 9.87. The lowest BCUT2D eigenvalue weighted by molar-refractivity contribution is -0.142. The highest BCUT2D eigenvalue weighted by Gasteiger charge is 2.25. The first-order chi connectivity index (χ1) is 10.3. The summed E-state index contributed by atoms with van der Waals surface area (Å²) in [6.07, 6.45) is 0.0783. The highest BCUT2D eigenvalue weighted by molar-refractivity contribution is 7.13. The normalized spacial score (nSPS) is 12.6. The molecule has 0 radical (unpaired) electrons. The first-order valence-corrected chi connectivity index (χ1v) is 7.92. The van der Waals surface area contributed by atoms with E-state index in [4.69, 9.17) is 4.74 Å². The predicted octanol–water partition coefficient (Wildman–Crippen LogP) is 1.78. The van der Waals surface area contributed by atoms with E-state index in [2.05, 4.69) is 15.6 Å². The second-order valence-corrected chi connectivity index (χ2v) is 6.68. The number of amides is 2. The standard InChI is InChI=1S/C14H23N3O4S/c1-5-21-11(19)6-9-8-22-13(15-9)17-12(20)16-10(7-18)14(2,3)4/h8,10,18H,5-7H2,1-4H3,(H2,15,16,17,20). The van der Waals surface area contributed by atoms with E-state index in [1.165, 1.54) is 11.3 Å². The van der Waals surface area contributed by atoms with Crippen molar-refractivity contribution in [2.24, 2.45) is 5.41 Å². The van der Waals surface area contributed by atoms with Crippen LogP contribution in [-0.4, -0.2) is 41.3 Å². The molecule has 1 atom stereocenters. The van der Waals surface area contributed by atoms with Crippen LogP contribution in [0, 0.1) is 5.41 Å². The molecule has 0 aliphatic rings. The molecule has 1 heterocycles. The van der Waals surface area contributed by atoms with Crippen LogP contribution in [0.5, 0.6) is 0 Å². The number of nitrogens with one attached hydrogen (secondary N) is 2. The summed E-state index contributed by atoms with van der Waals surface area (Å²) in [6, 6.07) is -0.808. The van der Waals surface area contributed by atoms with E-state index in [-0.39, 0.29) is 30.5 Å². The second-order valence-electron chi connectivity index (χ2n) is 5.83. The van der Waals surface area contributed by atoms with Gasteiger partial charge in [0.25, 0.3) is 0 Å². The maximum absolute atomic E-state index is 11.9. The predicted molar refractivity (Wildman–Crippen MR) is 84.9 cm³/mol.